The van der Waals surface area contributed by atoms with Crippen LogP contribution in [0, 0.1) is 5.82 Å². The molecule has 3 aromatic rings. The minimum absolute atomic E-state index is 0.0321. The van der Waals surface area contributed by atoms with Gasteiger partial charge in [-0.15, -0.1) is 5.10 Å². The number of benzene rings is 2. The van der Waals surface area contributed by atoms with Gasteiger partial charge in [0, 0.05) is 6.54 Å². The van der Waals surface area contributed by atoms with Gasteiger partial charge in [0.25, 0.3) is 0 Å². The number of rotatable bonds is 7. The third-order valence-corrected chi connectivity index (χ3v) is 6.60. The number of hydrogen-bond donors (Lipinski definition) is 1. The summed E-state index contributed by atoms with van der Waals surface area (Å²) in [6.45, 7) is 5.56. The molecule has 160 valence electrons. The summed E-state index contributed by atoms with van der Waals surface area (Å²) in [6, 6.07) is 9.64. The Labute approximate surface area is 183 Å². The summed E-state index contributed by atoms with van der Waals surface area (Å²) in [5, 5.41) is 8.53. The number of ether oxygens (including phenoxy) is 1. The lowest BCUT2D eigenvalue weighted by Gasteiger charge is -2.25. The second-order valence-electron chi connectivity index (χ2n) is 6.91. The maximum atomic E-state index is 13.1. The van der Waals surface area contributed by atoms with Gasteiger partial charge in [0.2, 0.25) is 10.0 Å². The van der Waals surface area contributed by atoms with Crippen LogP contribution in [0.2, 0.25) is 10.0 Å². The van der Waals surface area contributed by atoms with Crippen molar-refractivity contribution in [1.29, 1.82) is 0 Å². The van der Waals surface area contributed by atoms with Gasteiger partial charge in [-0.25, -0.2) is 12.8 Å². The van der Waals surface area contributed by atoms with E-state index < -0.39 is 21.4 Å². The van der Waals surface area contributed by atoms with E-state index in [1.807, 2.05) is 6.92 Å². The molecule has 0 amide bonds. The number of nitrogens with zero attached hydrogens (tertiary/aromatic N) is 3. The maximum Gasteiger partial charge on any atom is 0.322 e. The van der Waals surface area contributed by atoms with Crippen LogP contribution in [0.25, 0.3) is 0 Å². The highest BCUT2D eigenvalue weighted by molar-refractivity contribution is 7.89. The zero-order valence-corrected chi connectivity index (χ0v) is 18.7. The van der Waals surface area contributed by atoms with Crippen molar-refractivity contribution in [3.63, 3.8) is 0 Å². The first-order valence-corrected chi connectivity index (χ1v) is 11.1. The minimum atomic E-state index is -3.94. The third kappa shape index (κ3) is 4.75. The highest BCUT2D eigenvalue weighted by atomic mass is 35.5. The number of hydrogen-bond acceptors (Lipinski definition) is 5. The summed E-state index contributed by atoms with van der Waals surface area (Å²) in [7, 11) is -3.94. The molecule has 0 aliphatic heterocycles. The molecule has 30 heavy (non-hydrogen) atoms. The SMILES string of the molecule is CCn1c(Oc2ccc(F)cc2)nnc1C(C)(C)NS(=O)(=O)c1ccc(Cl)c(Cl)c1. The Bertz CT molecular complexity index is 1170. The zero-order chi connectivity index (χ0) is 22.1. The third-order valence-electron chi connectivity index (χ3n) is 4.21. The minimum Gasteiger partial charge on any atom is -0.424 e. The molecule has 0 spiro atoms. The van der Waals surface area contributed by atoms with Crippen LogP contribution in [0.15, 0.2) is 47.4 Å². The lowest BCUT2D eigenvalue weighted by atomic mass is 10.1. The highest BCUT2D eigenvalue weighted by Crippen LogP contribution is 2.29. The van der Waals surface area contributed by atoms with E-state index in [9.17, 15) is 12.8 Å². The molecule has 0 aliphatic rings. The predicted molar refractivity (Wildman–Crippen MR) is 112 cm³/mol. The normalized spacial score (nSPS) is 12.2. The standard InChI is InChI=1S/C19H19Cl2FN4O3S/c1-4-26-17(23-24-18(26)29-13-7-5-12(22)6-8-13)19(2,3)25-30(27,28)14-9-10-15(20)16(21)11-14/h5-11,25H,4H2,1-3H3. The topological polar surface area (TPSA) is 86.1 Å². The van der Waals surface area contributed by atoms with Crippen molar-refractivity contribution in [1.82, 2.24) is 19.5 Å². The Hall–Kier alpha value is -2.20. The monoisotopic (exact) mass is 472 g/mol. The van der Waals surface area contributed by atoms with Crippen LogP contribution < -0.4 is 9.46 Å². The Morgan fingerprint density at radius 2 is 1.77 bits per heavy atom. The van der Waals surface area contributed by atoms with Gasteiger partial charge in [-0.05, 0) is 63.2 Å². The van der Waals surface area contributed by atoms with Crippen LogP contribution in [-0.2, 0) is 22.1 Å². The number of nitrogens with one attached hydrogen (secondary N) is 1. The molecule has 0 saturated carbocycles. The predicted octanol–water partition coefficient (Wildman–Crippen LogP) is 4.75. The fourth-order valence-corrected chi connectivity index (χ4v) is 4.57. The van der Waals surface area contributed by atoms with E-state index in [1.165, 1.54) is 42.5 Å². The molecule has 0 atom stereocenters. The molecule has 0 unspecified atom stereocenters. The van der Waals surface area contributed by atoms with Crippen LogP contribution in [0.1, 0.15) is 26.6 Å². The van der Waals surface area contributed by atoms with Crippen LogP contribution in [0.5, 0.6) is 11.8 Å². The lowest BCUT2D eigenvalue weighted by molar-refractivity contribution is 0.385. The second-order valence-corrected chi connectivity index (χ2v) is 9.41. The highest BCUT2D eigenvalue weighted by Gasteiger charge is 2.34. The van der Waals surface area contributed by atoms with E-state index >= 15 is 0 Å². The molecule has 1 N–H and O–H groups in total. The van der Waals surface area contributed by atoms with Gasteiger partial charge in [0.1, 0.15) is 11.6 Å². The summed E-state index contributed by atoms with van der Waals surface area (Å²) in [5.74, 6) is 0.322. The van der Waals surface area contributed by atoms with E-state index in [0.29, 0.717) is 18.1 Å². The molecule has 0 bridgehead atoms. The molecular weight excluding hydrogens is 454 g/mol. The van der Waals surface area contributed by atoms with Crippen molar-refractivity contribution in [2.24, 2.45) is 0 Å². The van der Waals surface area contributed by atoms with Gasteiger partial charge < -0.3 is 4.74 Å². The van der Waals surface area contributed by atoms with Crippen LogP contribution >= 0.6 is 23.2 Å². The Kier molecular flexibility index (Phi) is 6.37. The van der Waals surface area contributed by atoms with Crippen molar-refractivity contribution in [2.45, 2.75) is 37.8 Å². The molecule has 0 radical (unpaired) electrons. The second kappa shape index (κ2) is 8.50. The van der Waals surface area contributed by atoms with E-state index in [1.54, 1.807) is 18.4 Å². The van der Waals surface area contributed by atoms with Crippen LogP contribution in [0.4, 0.5) is 4.39 Å². The molecule has 2 aromatic carbocycles. The van der Waals surface area contributed by atoms with E-state index in [-0.39, 0.29) is 21.0 Å². The Morgan fingerprint density at radius 3 is 2.37 bits per heavy atom. The molecule has 0 aliphatic carbocycles. The molecule has 3 rings (SSSR count). The van der Waals surface area contributed by atoms with Gasteiger partial charge in [-0.1, -0.05) is 28.3 Å². The van der Waals surface area contributed by atoms with E-state index in [0.717, 1.165) is 0 Å². The Morgan fingerprint density at radius 1 is 1.10 bits per heavy atom. The molecule has 0 fully saturated rings. The molecule has 7 nitrogen and oxygen atoms in total. The largest absolute Gasteiger partial charge is 0.424 e. The van der Waals surface area contributed by atoms with Crippen molar-refractivity contribution in [3.8, 4) is 11.8 Å². The van der Waals surface area contributed by atoms with Crippen molar-refractivity contribution in [3.05, 3.63) is 64.2 Å². The average molecular weight is 473 g/mol. The Balaban J connectivity index is 1.90. The average Bonchev–Trinajstić information content (AvgIpc) is 3.08. The molecule has 0 saturated heterocycles. The van der Waals surface area contributed by atoms with Gasteiger partial charge in [0.05, 0.1) is 20.5 Å². The first kappa shape index (κ1) is 22.5. The quantitative estimate of drug-likeness (QED) is 0.535. The number of sulfonamides is 1. The van der Waals surface area contributed by atoms with Gasteiger partial charge in [-0.3, -0.25) is 4.57 Å². The molecule has 1 heterocycles. The summed E-state index contributed by atoms with van der Waals surface area (Å²) < 4.78 is 48.8. The van der Waals surface area contributed by atoms with Crippen LogP contribution in [0.3, 0.4) is 0 Å². The van der Waals surface area contributed by atoms with Crippen molar-refractivity contribution in [2.75, 3.05) is 0 Å². The fourth-order valence-electron chi connectivity index (χ4n) is 2.80. The fraction of sp³-hybridized carbons (Fsp3) is 0.263. The smallest absolute Gasteiger partial charge is 0.322 e. The molecule has 1 aromatic heterocycles. The maximum absolute atomic E-state index is 13.1. The molecular formula is C19H19Cl2FN4O3S. The summed E-state index contributed by atoms with van der Waals surface area (Å²) in [4.78, 5) is -0.0321. The summed E-state index contributed by atoms with van der Waals surface area (Å²) in [5.41, 5.74) is -1.14. The lowest BCUT2D eigenvalue weighted by Crippen LogP contribution is -2.43. The van der Waals surface area contributed by atoms with E-state index in [4.69, 9.17) is 27.9 Å². The van der Waals surface area contributed by atoms with E-state index in [2.05, 4.69) is 14.9 Å². The van der Waals surface area contributed by atoms with Gasteiger partial charge in [-0.2, -0.15) is 4.72 Å². The van der Waals surface area contributed by atoms with Crippen LogP contribution in [-0.4, -0.2) is 23.2 Å². The zero-order valence-electron chi connectivity index (χ0n) is 16.4. The number of aromatic nitrogens is 3. The first-order chi connectivity index (χ1) is 14.0. The van der Waals surface area contributed by atoms with Gasteiger partial charge in [0.15, 0.2) is 5.82 Å². The number of halogens is 3. The summed E-state index contributed by atoms with van der Waals surface area (Å²) >= 11 is 11.8. The summed E-state index contributed by atoms with van der Waals surface area (Å²) in [6.07, 6.45) is 0. The van der Waals surface area contributed by atoms with Gasteiger partial charge >= 0.3 is 6.01 Å². The van der Waals surface area contributed by atoms with Crippen molar-refractivity contribution >= 4 is 33.2 Å². The molecule has 11 heteroatoms. The first-order valence-electron chi connectivity index (χ1n) is 8.89. The van der Waals surface area contributed by atoms with Crippen molar-refractivity contribution < 1.29 is 17.5 Å².